The summed E-state index contributed by atoms with van der Waals surface area (Å²) in [6.45, 7) is 0. The second kappa shape index (κ2) is 10.0. The first-order valence-corrected chi connectivity index (χ1v) is 11.3. The first kappa shape index (κ1) is 22.8. The van der Waals surface area contributed by atoms with Crippen LogP contribution in [0.5, 0.6) is 5.75 Å². The topological polar surface area (TPSA) is 101 Å². The highest BCUT2D eigenvalue weighted by Gasteiger charge is 2.26. The molecular weight excluding hydrogens is 452 g/mol. The standard InChI is InChI=1S/C23H21F2N3O4S/c24-16-9-13(10-17(25)12-16)11-20-27-28-23(33-20)26-21(29)14-1-5-18(6-2-14)32-19-7-3-15(4-8-19)22(30)31/h1-2,5-6,9-10,12,15,19H,3-4,7-8,11H2,(H,30,31)(H,26,28,29). The third-order valence-corrected chi connectivity index (χ3v) is 6.25. The monoisotopic (exact) mass is 473 g/mol. The molecule has 172 valence electrons. The lowest BCUT2D eigenvalue weighted by molar-refractivity contribution is -0.143. The van der Waals surface area contributed by atoms with Crippen LogP contribution in [-0.4, -0.2) is 33.3 Å². The summed E-state index contributed by atoms with van der Waals surface area (Å²) in [7, 11) is 0. The van der Waals surface area contributed by atoms with Crippen molar-refractivity contribution < 1.29 is 28.2 Å². The van der Waals surface area contributed by atoms with Crippen molar-refractivity contribution in [1.29, 1.82) is 0 Å². The SMILES string of the molecule is O=C(Nc1nnc(Cc2cc(F)cc(F)c2)s1)c1ccc(OC2CCC(C(=O)O)CC2)cc1. The van der Waals surface area contributed by atoms with Gasteiger partial charge in [-0.1, -0.05) is 11.3 Å². The second-order valence-corrected chi connectivity index (χ2v) is 8.93. The predicted octanol–water partition coefficient (Wildman–Crippen LogP) is 4.68. The number of nitrogens with one attached hydrogen (secondary N) is 1. The first-order chi connectivity index (χ1) is 15.9. The number of benzene rings is 2. The summed E-state index contributed by atoms with van der Waals surface area (Å²) in [4.78, 5) is 23.6. The molecule has 2 aromatic carbocycles. The van der Waals surface area contributed by atoms with Crippen LogP contribution in [0, 0.1) is 17.6 Å². The minimum atomic E-state index is -0.755. The minimum Gasteiger partial charge on any atom is -0.490 e. The van der Waals surface area contributed by atoms with E-state index in [1.807, 2.05) is 0 Å². The van der Waals surface area contributed by atoms with Gasteiger partial charge in [0.1, 0.15) is 22.4 Å². The van der Waals surface area contributed by atoms with Crippen molar-refractivity contribution in [2.24, 2.45) is 5.92 Å². The van der Waals surface area contributed by atoms with E-state index in [9.17, 15) is 18.4 Å². The van der Waals surface area contributed by atoms with Crippen molar-refractivity contribution in [1.82, 2.24) is 10.2 Å². The summed E-state index contributed by atoms with van der Waals surface area (Å²) >= 11 is 1.13. The van der Waals surface area contributed by atoms with Gasteiger partial charge in [-0.05, 0) is 67.6 Å². The number of anilines is 1. The maximum atomic E-state index is 13.3. The Labute approximate surface area is 192 Å². The maximum absolute atomic E-state index is 13.3. The molecule has 0 unspecified atom stereocenters. The van der Waals surface area contributed by atoms with E-state index in [1.165, 1.54) is 12.1 Å². The van der Waals surface area contributed by atoms with Gasteiger partial charge < -0.3 is 9.84 Å². The predicted molar refractivity (Wildman–Crippen MR) is 117 cm³/mol. The van der Waals surface area contributed by atoms with Gasteiger partial charge in [-0.2, -0.15) is 0 Å². The van der Waals surface area contributed by atoms with Crippen molar-refractivity contribution in [3.63, 3.8) is 0 Å². The number of carbonyl (C=O) groups excluding carboxylic acids is 1. The van der Waals surface area contributed by atoms with Gasteiger partial charge in [-0.25, -0.2) is 8.78 Å². The van der Waals surface area contributed by atoms with E-state index in [2.05, 4.69) is 15.5 Å². The zero-order valence-electron chi connectivity index (χ0n) is 17.5. The van der Waals surface area contributed by atoms with E-state index in [-0.39, 0.29) is 29.5 Å². The molecule has 1 saturated carbocycles. The molecule has 0 aliphatic heterocycles. The van der Waals surface area contributed by atoms with Crippen LogP contribution in [-0.2, 0) is 11.2 Å². The molecule has 10 heteroatoms. The van der Waals surface area contributed by atoms with Gasteiger partial charge >= 0.3 is 5.97 Å². The summed E-state index contributed by atoms with van der Waals surface area (Å²) < 4.78 is 32.6. The zero-order valence-corrected chi connectivity index (χ0v) is 18.3. The normalized spacial score (nSPS) is 18.0. The summed E-state index contributed by atoms with van der Waals surface area (Å²) in [5.74, 6) is -2.14. The summed E-state index contributed by atoms with van der Waals surface area (Å²) in [5.41, 5.74) is 0.828. The van der Waals surface area contributed by atoms with E-state index < -0.39 is 17.6 Å². The molecular formula is C23H21F2N3O4S. The maximum Gasteiger partial charge on any atom is 0.306 e. The summed E-state index contributed by atoms with van der Waals surface area (Å²) in [6.07, 6.45) is 2.72. The lowest BCUT2D eigenvalue weighted by atomic mass is 9.87. The van der Waals surface area contributed by atoms with Crippen molar-refractivity contribution >= 4 is 28.3 Å². The Kier molecular flexibility index (Phi) is 6.93. The Bertz CT molecular complexity index is 1120. The molecule has 4 rings (SSSR count). The Balaban J connectivity index is 1.30. The van der Waals surface area contributed by atoms with Gasteiger partial charge in [0.25, 0.3) is 5.91 Å². The van der Waals surface area contributed by atoms with Crippen LogP contribution < -0.4 is 10.1 Å². The third-order valence-electron chi connectivity index (χ3n) is 5.41. The van der Waals surface area contributed by atoms with E-state index in [4.69, 9.17) is 9.84 Å². The molecule has 2 N–H and O–H groups in total. The molecule has 33 heavy (non-hydrogen) atoms. The molecule has 0 spiro atoms. The third kappa shape index (κ3) is 6.10. The van der Waals surface area contributed by atoms with Crippen LogP contribution in [0.1, 0.15) is 46.6 Å². The fourth-order valence-electron chi connectivity index (χ4n) is 3.74. The van der Waals surface area contributed by atoms with Crippen LogP contribution in [0.2, 0.25) is 0 Å². The van der Waals surface area contributed by atoms with E-state index in [0.717, 1.165) is 17.4 Å². The molecule has 0 bridgehead atoms. The number of carboxylic acids is 1. The van der Waals surface area contributed by atoms with Crippen molar-refractivity contribution in [2.75, 3.05) is 5.32 Å². The zero-order chi connectivity index (χ0) is 23.4. The number of nitrogens with zero attached hydrogens (tertiary/aromatic N) is 2. The van der Waals surface area contributed by atoms with Gasteiger partial charge in [0, 0.05) is 18.1 Å². The molecule has 3 aromatic rings. The van der Waals surface area contributed by atoms with Gasteiger partial charge in [0.05, 0.1) is 12.0 Å². The molecule has 1 aliphatic rings. The van der Waals surface area contributed by atoms with Gasteiger partial charge in [-0.15, -0.1) is 10.2 Å². The number of rotatable bonds is 7. The quantitative estimate of drug-likeness (QED) is 0.517. The minimum absolute atomic E-state index is 0.0355. The second-order valence-electron chi connectivity index (χ2n) is 7.86. The molecule has 1 aromatic heterocycles. The molecule has 0 radical (unpaired) electrons. The number of hydrogen-bond donors (Lipinski definition) is 2. The van der Waals surface area contributed by atoms with Gasteiger partial charge in [0.15, 0.2) is 0 Å². The lowest BCUT2D eigenvalue weighted by Gasteiger charge is -2.26. The number of hydrogen-bond acceptors (Lipinski definition) is 6. The first-order valence-electron chi connectivity index (χ1n) is 10.4. The van der Waals surface area contributed by atoms with Gasteiger partial charge in [0.2, 0.25) is 5.13 Å². The smallest absolute Gasteiger partial charge is 0.306 e. The largest absolute Gasteiger partial charge is 0.490 e. The number of carbonyl (C=O) groups is 2. The van der Waals surface area contributed by atoms with Crippen LogP contribution >= 0.6 is 11.3 Å². The number of aromatic nitrogens is 2. The van der Waals surface area contributed by atoms with Crippen molar-refractivity contribution in [2.45, 2.75) is 38.2 Å². The molecule has 0 saturated heterocycles. The Morgan fingerprint density at radius 3 is 2.33 bits per heavy atom. The van der Waals surface area contributed by atoms with E-state index in [1.54, 1.807) is 24.3 Å². The molecule has 1 fully saturated rings. The molecule has 0 atom stereocenters. The number of amides is 1. The molecule has 1 aliphatic carbocycles. The Hall–Kier alpha value is -3.40. The van der Waals surface area contributed by atoms with Crippen LogP contribution in [0.15, 0.2) is 42.5 Å². The Morgan fingerprint density at radius 2 is 1.70 bits per heavy atom. The molecule has 1 heterocycles. The lowest BCUT2D eigenvalue weighted by Crippen LogP contribution is -2.27. The van der Waals surface area contributed by atoms with E-state index in [0.29, 0.717) is 47.6 Å². The molecule has 7 nitrogen and oxygen atoms in total. The van der Waals surface area contributed by atoms with E-state index >= 15 is 0 Å². The number of ether oxygens (including phenoxy) is 1. The highest BCUT2D eigenvalue weighted by molar-refractivity contribution is 7.15. The number of carboxylic acid groups (broad SMARTS) is 1. The summed E-state index contributed by atoms with van der Waals surface area (Å²) in [6, 6.07) is 9.91. The molecule has 1 amide bonds. The Morgan fingerprint density at radius 1 is 1.03 bits per heavy atom. The number of aliphatic carboxylic acids is 1. The highest BCUT2D eigenvalue weighted by Crippen LogP contribution is 2.28. The fourth-order valence-corrected chi connectivity index (χ4v) is 4.51. The number of halogens is 2. The highest BCUT2D eigenvalue weighted by atomic mass is 32.1. The van der Waals surface area contributed by atoms with Gasteiger partial charge in [-0.3, -0.25) is 14.9 Å². The average molecular weight is 474 g/mol. The fraction of sp³-hybridized carbons (Fsp3) is 0.304. The average Bonchev–Trinajstić information content (AvgIpc) is 3.20. The van der Waals surface area contributed by atoms with Crippen LogP contribution in [0.4, 0.5) is 13.9 Å². The van der Waals surface area contributed by atoms with Crippen LogP contribution in [0.25, 0.3) is 0 Å². The van der Waals surface area contributed by atoms with Crippen LogP contribution in [0.3, 0.4) is 0 Å². The summed E-state index contributed by atoms with van der Waals surface area (Å²) in [5, 5.41) is 20.4. The van der Waals surface area contributed by atoms with Crippen molar-refractivity contribution in [3.05, 3.63) is 70.2 Å². The van der Waals surface area contributed by atoms with Crippen molar-refractivity contribution in [3.8, 4) is 5.75 Å².